The summed E-state index contributed by atoms with van der Waals surface area (Å²) in [6.45, 7) is 4.05. The molecule has 0 bridgehead atoms. The van der Waals surface area contributed by atoms with Crippen LogP contribution in [0.3, 0.4) is 0 Å². The monoisotopic (exact) mass is 446 g/mol. The Kier molecular flexibility index (Phi) is 6.49. The number of nitrogens with one attached hydrogen (secondary N) is 1. The maximum Gasteiger partial charge on any atom is 0.255 e. The van der Waals surface area contributed by atoms with E-state index < -0.39 is 0 Å². The predicted octanol–water partition coefficient (Wildman–Crippen LogP) is 5.94. The average molecular weight is 447 g/mol. The van der Waals surface area contributed by atoms with E-state index in [2.05, 4.69) is 17.2 Å². The second-order valence-electron chi connectivity index (χ2n) is 7.59. The first kappa shape index (κ1) is 22.2. The predicted molar refractivity (Wildman–Crippen MR) is 127 cm³/mol. The maximum absolute atomic E-state index is 12.8. The van der Waals surface area contributed by atoms with Crippen molar-refractivity contribution in [3.05, 3.63) is 66.2 Å². The van der Waals surface area contributed by atoms with Crippen molar-refractivity contribution in [1.82, 2.24) is 4.98 Å². The van der Waals surface area contributed by atoms with E-state index in [1.165, 1.54) is 0 Å². The number of hydrogen-bond acceptors (Lipinski definition) is 6. The van der Waals surface area contributed by atoms with E-state index in [1.807, 2.05) is 25.1 Å². The highest BCUT2D eigenvalue weighted by atomic mass is 16.5. The van der Waals surface area contributed by atoms with Gasteiger partial charge in [-0.15, -0.1) is 0 Å². The summed E-state index contributed by atoms with van der Waals surface area (Å²) in [6.07, 6.45) is 0.970. The SMILES string of the molecule is CC[C@H](C)Oc1cccc(C(=O)Nc2ccc3oc(-c4ccc(OC)c(OC)c4)nc3c2)c1. The summed E-state index contributed by atoms with van der Waals surface area (Å²) in [4.78, 5) is 17.4. The van der Waals surface area contributed by atoms with E-state index in [9.17, 15) is 4.79 Å². The summed E-state index contributed by atoms with van der Waals surface area (Å²) in [5, 5.41) is 2.91. The van der Waals surface area contributed by atoms with Crippen LogP contribution in [0.4, 0.5) is 5.69 Å². The number of carbonyl (C=O) groups is 1. The van der Waals surface area contributed by atoms with Gasteiger partial charge in [-0.25, -0.2) is 4.98 Å². The molecule has 0 aliphatic heterocycles. The molecule has 1 amide bonds. The van der Waals surface area contributed by atoms with Crippen molar-refractivity contribution in [2.75, 3.05) is 19.5 Å². The molecule has 0 fully saturated rings. The van der Waals surface area contributed by atoms with Crippen LogP contribution in [0.2, 0.25) is 0 Å². The number of benzene rings is 3. The molecule has 0 radical (unpaired) electrons. The van der Waals surface area contributed by atoms with E-state index in [4.69, 9.17) is 18.6 Å². The molecule has 1 atom stereocenters. The van der Waals surface area contributed by atoms with Gasteiger partial charge in [-0.3, -0.25) is 4.79 Å². The molecule has 1 aromatic heterocycles. The van der Waals surface area contributed by atoms with Gasteiger partial charge in [0.05, 0.1) is 20.3 Å². The second-order valence-corrected chi connectivity index (χ2v) is 7.59. The molecule has 0 unspecified atom stereocenters. The van der Waals surface area contributed by atoms with Gasteiger partial charge in [-0.05, 0) is 67.9 Å². The Morgan fingerprint density at radius 1 is 1.03 bits per heavy atom. The third-order valence-corrected chi connectivity index (χ3v) is 5.28. The molecule has 4 rings (SSSR count). The number of oxazole rings is 1. The molecule has 4 aromatic rings. The third-order valence-electron chi connectivity index (χ3n) is 5.28. The van der Waals surface area contributed by atoms with Crippen LogP contribution >= 0.6 is 0 Å². The fourth-order valence-electron chi connectivity index (χ4n) is 3.33. The fourth-order valence-corrected chi connectivity index (χ4v) is 3.33. The largest absolute Gasteiger partial charge is 0.493 e. The van der Waals surface area contributed by atoms with Crippen LogP contribution in [0.5, 0.6) is 17.2 Å². The van der Waals surface area contributed by atoms with Gasteiger partial charge in [0.15, 0.2) is 17.1 Å². The summed E-state index contributed by atoms with van der Waals surface area (Å²) < 4.78 is 22.4. The zero-order valence-electron chi connectivity index (χ0n) is 19.0. The van der Waals surface area contributed by atoms with Gasteiger partial charge in [0.1, 0.15) is 11.3 Å². The molecule has 1 heterocycles. The Bertz CT molecular complexity index is 1280. The van der Waals surface area contributed by atoms with Crippen LogP contribution in [0.25, 0.3) is 22.6 Å². The number of amides is 1. The van der Waals surface area contributed by atoms with E-state index in [0.29, 0.717) is 45.5 Å². The molecule has 0 saturated heterocycles. The normalized spacial score (nSPS) is 11.8. The Morgan fingerprint density at radius 2 is 1.85 bits per heavy atom. The number of ether oxygens (including phenoxy) is 3. The number of carbonyl (C=O) groups excluding carboxylic acids is 1. The quantitative estimate of drug-likeness (QED) is 0.361. The minimum Gasteiger partial charge on any atom is -0.493 e. The molecule has 0 saturated carbocycles. The van der Waals surface area contributed by atoms with Gasteiger partial charge in [0, 0.05) is 16.8 Å². The number of anilines is 1. The van der Waals surface area contributed by atoms with Gasteiger partial charge in [0.25, 0.3) is 5.91 Å². The molecule has 170 valence electrons. The summed E-state index contributed by atoms with van der Waals surface area (Å²) in [6, 6.07) is 17.9. The van der Waals surface area contributed by atoms with Crippen molar-refractivity contribution in [1.29, 1.82) is 0 Å². The summed E-state index contributed by atoms with van der Waals surface area (Å²) >= 11 is 0. The van der Waals surface area contributed by atoms with Gasteiger partial charge in [0.2, 0.25) is 5.89 Å². The topological polar surface area (TPSA) is 82.8 Å². The lowest BCUT2D eigenvalue weighted by Crippen LogP contribution is -2.13. The molecule has 7 heteroatoms. The van der Waals surface area contributed by atoms with Gasteiger partial charge < -0.3 is 23.9 Å². The number of aromatic nitrogens is 1. The van der Waals surface area contributed by atoms with Crippen LogP contribution in [0, 0.1) is 0 Å². The van der Waals surface area contributed by atoms with Crippen molar-refractivity contribution in [2.45, 2.75) is 26.4 Å². The highest BCUT2D eigenvalue weighted by Gasteiger charge is 2.14. The third kappa shape index (κ3) is 4.92. The molecule has 7 nitrogen and oxygen atoms in total. The number of rotatable bonds is 8. The van der Waals surface area contributed by atoms with E-state index in [0.717, 1.165) is 12.0 Å². The minimum atomic E-state index is -0.229. The van der Waals surface area contributed by atoms with Crippen molar-refractivity contribution < 1.29 is 23.4 Å². The first-order valence-corrected chi connectivity index (χ1v) is 10.7. The highest BCUT2D eigenvalue weighted by Crippen LogP contribution is 2.33. The molecular weight excluding hydrogens is 420 g/mol. The molecule has 33 heavy (non-hydrogen) atoms. The fraction of sp³-hybridized carbons (Fsp3) is 0.231. The van der Waals surface area contributed by atoms with E-state index in [1.54, 1.807) is 56.7 Å². The molecule has 3 aromatic carbocycles. The van der Waals surface area contributed by atoms with Crippen LogP contribution in [-0.4, -0.2) is 31.2 Å². The standard InChI is InChI=1S/C26H26N2O5/c1-5-16(2)32-20-8-6-7-17(13-20)25(29)27-19-10-12-22-21(15-19)28-26(33-22)18-9-11-23(30-3)24(14-18)31-4/h6-16H,5H2,1-4H3,(H,27,29)/t16-/m0/s1. The first-order chi connectivity index (χ1) is 16.0. The number of fused-ring (bicyclic) bond motifs is 1. The number of nitrogens with zero attached hydrogens (tertiary/aromatic N) is 1. The van der Waals surface area contributed by atoms with Gasteiger partial charge in [-0.2, -0.15) is 0 Å². The lowest BCUT2D eigenvalue weighted by molar-refractivity contribution is 0.102. The molecular formula is C26H26N2O5. The zero-order chi connectivity index (χ0) is 23.4. The smallest absolute Gasteiger partial charge is 0.255 e. The highest BCUT2D eigenvalue weighted by molar-refractivity contribution is 6.05. The maximum atomic E-state index is 12.8. The van der Waals surface area contributed by atoms with E-state index >= 15 is 0 Å². The van der Waals surface area contributed by atoms with Crippen LogP contribution in [0.15, 0.2) is 65.1 Å². The molecule has 0 spiro atoms. The molecule has 1 N–H and O–H groups in total. The Labute approximate surface area is 192 Å². The Balaban J connectivity index is 1.54. The van der Waals surface area contributed by atoms with Crippen molar-refractivity contribution in [3.8, 4) is 28.7 Å². The number of methoxy groups -OCH3 is 2. The van der Waals surface area contributed by atoms with Gasteiger partial charge in [-0.1, -0.05) is 13.0 Å². The zero-order valence-corrected chi connectivity index (χ0v) is 19.0. The average Bonchev–Trinajstić information content (AvgIpc) is 3.27. The summed E-state index contributed by atoms with van der Waals surface area (Å²) in [5.74, 6) is 2.10. The van der Waals surface area contributed by atoms with Crippen molar-refractivity contribution >= 4 is 22.7 Å². The molecule has 0 aliphatic rings. The minimum absolute atomic E-state index is 0.0812. The van der Waals surface area contributed by atoms with Crippen LogP contribution < -0.4 is 19.5 Å². The lowest BCUT2D eigenvalue weighted by Gasteiger charge is -2.13. The summed E-state index contributed by atoms with van der Waals surface area (Å²) in [7, 11) is 3.16. The second kappa shape index (κ2) is 9.65. The van der Waals surface area contributed by atoms with Crippen LogP contribution in [-0.2, 0) is 0 Å². The first-order valence-electron chi connectivity index (χ1n) is 10.7. The number of hydrogen-bond donors (Lipinski definition) is 1. The summed E-state index contributed by atoms with van der Waals surface area (Å²) in [5.41, 5.74) is 3.13. The van der Waals surface area contributed by atoms with Crippen LogP contribution in [0.1, 0.15) is 30.6 Å². The Morgan fingerprint density at radius 3 is 2.61 bits per heavy atom. The van der Waals surface area contributed by atoms with Crippen molar-refractivity contribution in [3.63, 3.8) is 0 Å². The molecule has 0 aliphatic carbocycles. The Hall–Kier alpha value is -4.00. The lowest BCUT2D eigenvalue weighted by atomic mass is 10.2. The van der Waals surface area contributed by atoms with E-state index in [-0.39, 0.29) is 12.0 Å². The van der Waals surface area contributed by atoms with Crippen molar-refractivity contribution in [2.24, 2.45) is 0 Å². The van der Waals surface area contributed by atoms with Gasteiger partial charge >= 0.3 is 0 Å².